The second-order valence-electron chi connectivity index (χ2n) is 7.00. The molecule has 0 aliphatic carbocycles. The first-order chi connectivity index (χ1) is 12.7. The van der Waals surface area contributed by atoms with E-state index in [0.717, 1.165) is 25.3 Å². The predicted molar refractivity (Wildman–Crippen MR) is 105 cm³/mol. The molecule has 1 rings (SSSR count). The predicted octanol–water partition coefficient (Wildman–Crippen LogP) is 6.30. The summed E-state index contributed by atoms with van der Waals surface area (Å²) in [7, 11) is 1.62. The van der Waals surface area contributed by atoms with Crippen LogP contribution in [0.1, 0.15) is 46.5 Å². The van der Waals surface area contributed by atoms with Crippen LogP contribution in [0.2, 0.25) is 0 Å². The van der Waals surface area contributed by atoms with Crippen LogP contribution < -0.4 is 0 Å². The molecule has 27 heavy (non-hydrogen) atoms. The highest BCUT2D eigenvalue weighted by Gasteiger charge is 2.32. The molecule has 1 aliphatic heterocycles. The van der Waals surface area contributed by atoms with Crippen molar-refractivity contribution in [2.24, 2.45) is 21.8 Å². The van der Waals surface area contributed by atoms with Gasteiger partial charge in [-0.3, -0.25) is 14.4 Å². The van der Waals surface area contributed by atoms with Crippen LogP contribution >= 0.6 is 0 Å². The van der Waals surface area contributed by atoms with Crippen LogP contribution in [0.15, 0.2) is 45.4 Å². The van der Waals surface area contributed by atoms with Gasteiger partial charge in [0, 0.05) is 30.5 Å². The molecule has 0 fully saturated rings. The summed E-state index contributed by atoms with van der Waals surface area (Å²) in [6.07, 6.45) is 7.17. The summed E-state index contributed by atoms with van der Waals surface area (Å²) in [5.41, 5.74) is 0.771. The Kier molecular flexibility index (Phi) is 9.67. The molecular formula is C21H30F4N2. The molecule has 0 radical (unpaired) electrons. The average molecular weight is 386 g/mol. The van der Waals surface area contributed by atoms with E-state index in [4.69, 9.17) is 0 Å². The lowest BCUT2D eigenvalue weighted by molar-refractivity contribution is -0.0917. The average Bonchev–Trinajstić information content (AvgIpc) is 2.61. The number of allylic oxidation sites excluding steroid dienone is 5. The fraction of sp³-hybridized carbons (Fsp3) is 0.619. The van der Waals surface area contributed by atoms with Crippen LogP contribution in [0.3, 0.4) is 0 Å². The van der Waals surface area contributed by atoms with Crippen molar-refractivity contribution in [2.75, 3.05) is 13.7 Å². The Hall–Kier alpha value is -1.72. The Bertz CT molecular complexity index is 612. The molecule has 1 heterocycles. The van der Waals surface area contributed by atoms with Crippen LogP contribution in [-0.2, 0) is 0 Å². The summed E-state index contributed by atoms with van der Waals surface area (Å²) in [5, 5.41) is 0. The highest BCUT2D eigenvalue weighted by Crippen LogP contribution is 2.32. The lowest BCUT2D eigenvalue weighted by Crippen LogP contribution is -2.26. The van der Waals surface area contributed by atoms with Crippen molar-refractivity contribution in [1.29, 1.82) is 0 Å². The van der Waals surface area contributed by atoms with Crippen molar-refractivity contribution in [3.63, 3.8) is 0 Å². The standard InChI is InChI=1S/C21H30F4N2/c1-5-6-7-8-17-12-18(11-16(3)21(23,24)25)27-20(13-17)19(9-10-26-4)15(2)14-22/h6-7,9-11,15,17-18H,5,8,12-14H2,1-4H3/b7-6+,16-11+,19-9+,26-10?. The number of hydrogen-bond acceptors (Lipinski definition) is 2. The van der Waals surface area contributed by atoms with E-state index in [9.17, 15) is 17.6 Å². The minimum atomic E-state index is -4.36. The normalized spacial score (nSPS) is 23.9. The number of hydrogen-bond donors (Lipinski definition) is 0. The van der Waals surface area contributed by atoms with E-state index in [1.165, 1.54) is 6.08 Å². The second kappa shape index (κ2) is 11.2. The lowest BCUT2D eigenvalue weighted by atomic mass is 9.83. The van der Waals surface area contributed by atoms with Gasteiger partial charge in [-0.25, -0.2) is 0 Å². The summed E-state index contributed by atoms with van der Waals surface area (Å²) >= 11 is 0. The molecule has 0 bridgehead atoms. The minimum absolute atomic E-state index is 0.177. The van der Waals surface area contributed by atoms with Gasteiger partial charge in [0.05, 0.1) is 12.7 Å². The number of rotatable bonds is 8. The molecule has 0 aromatic heterocycles. The summed E-state index contributed by atoms with van der Waals surface area (Å²) in [5.74, 6) is -0.198. The van der Waals surface area contributed by atoms with Crippen LogP contribution in [0.5, 0.6) is 0 Å². The first kappa shape index (κ1) is 23.3. The third-order valence-corrected chi connectivity index (χ3v) is 4.64. The molecule has 3 atom stereocenters. The van der Waals surface area contributed by atoms with Crippen molar-refractivity contribution >= 4 is 11.9 Å². The van der Waals surface area contributed by atoms with Gasteiger partial charge in [-0.15, -0.1) is 0 Å². The quantitative estimate of drug-likeness (QED) is 0.266. The maximum Gasteiger partial charge on any atom is 0.412 e. The van der Waals surface area contributed by atoms with Crippen molar-refractivity contribution in [1.82, 2.24) is 0 Å². The fourth-order valence-corrected chi connectivity index (χ4v) is 3.10. The number of alkyl halides is 4. The molecule has 1 aliphatic rings. The Morgan fingerprint density at radius 2 is 2.04 bits per heavy atom. The fourth-order valence-electron chi connectivity index (χ4n) is 3.10. The molecule has 0 N–H and O–H groups in total. The van der Waals surface area contributed by atoms with E-state index in [1.807, 2.05) is 6.92 Å². The zero-order chi connectivity index (χ0) is 20.4. The van der Waals surface area contributed by atoms with E-state index >= 15 is 0 Å². The van der Waals surface area contributed by atoms with Crippen LogP contribution in [0.4, 0.5) is 17.6 Å². The smallest absolute Gasteiger partial charge is 0.297 e. The highest BCUT2D eigenvalue weighted by atomic mass is 19.4. The Balaban J connectivity index is 3.25. The molecule has 152 valence electrons. The van der Waals surface area contributed by atoms with Gasteiger partial charge in [-0.2, -0.15) is 13.2 Å². The van der Waals surface area contributed by atoms with Gasteiger partial charge in [0.15, 0.2) is 0 Å². The van der Waals surface area contributed by atoms with E-state index < -0.39 is 24.5 Å². The second-order valence-corrected chi connectivity index (χ2v) is 7.00. The lowest BCUT2D eigenvalue weighted by Gasteiger charge is -2.29. The topological polar surface area (TPSA) is 24.7 Å². The maximum absolute atomic E-state index is 13.3. The maximum atomic E-state index is 13.3. The Morgan fingerprint density at radius 1 is 1.33 bits per heavy atom. The summed E-state index contributed by atoms with van der Waals surface area (Å²) in [4.78, 5) is 8.47. The minimum Gasteiger partial charge on any atom is -0.297 e. The Labute approximate surface area is 159 Å². The van der Waals surface area contributed by atoms with Gasteiger partial charge in [0.25, 0.3) is 0 Å². The molecule has 0 aromatic rings. The van der Waals surface area contributed by atoms with Crippen LogP contribution in [0, 0.1) is 11.8 Å². The third kappa shape index (κ3) is 7.81. The molecule has 0 amide bonds. The van der Waals surface area contributed by atoms with E-state index in [0.29, 0.717) is 18.6 Å². The summed E-state index contributed by atoms with van der Waals surface area (Å²) in [6, 6.07) is -0.552. The monoisotopic (exact) mass is 386 g/mol. The van der Waals surface area contributed by atoms with Crippen molar-refractivity contribution in [3.05, 3.63) is 35.5 Å². The van der Waals surface area contributed by atoms with Gasteiger partial charge < -0.3 is 0 Å². The molecule has 3 unspecified atom stereocenters. The third-order valence-electron chi connectivity index (χ3n) is 4.64. The van der Waals surface area contributed by atoms with Gasteiger partial charge in [0.1, 0.15) is 0 Å². The summed E-state index contributed by atoms with van der Waals surface area (Å²) in [6.45, 7) is 4.31. The number of nitrogens with zero attached hydrogens (tertiary/aromatic N) is 2. The molecule has 0 aromatic carbocycles. The zero-order valence-corrected chi connectivity index (χ0v) is 16.6. The van der Waals surface area contributed by atoms with E-state index in [-0.39, 0.29) is 11.8 Å². The first-order valence-corrected chi connectivity index (χ1v) is 9.38. The van der Waals surface area contributed by atoms with E-state index in [2.05, 4.69) is 22.1 Å². The number of halogens is 4. The highest BCUT2D eigenvalue weighted by molar-refractivity contribution is 6.04. The van der Waals surface area contributed by atoms with Crippen LogP contribution in [0.25, 0.3) is 0 Å². The van der Waals surface area contributed by atoms with Gasteiger partial charge in [0.2, 0.25) is 0 Å². The molecule has 0 saturated carbocycles. The largest absolute Gasteiger partial charge is 0.412 e. The van der Waals surface area contributed by atoms with Crippen molar-refractivity contribution < 1.29 is 17.6 Å². The van der Waals surface area contributed by atoms with Crippen molar-refractivity contribution in [2.45, 2.75) is 58.7 Å². The van der Waals surface area contributed by atoms with Crippen LogP contribution in [-0.4, -0.2) is 37.9 Å². The Morgan fingerprint density at radius 3 is 2.59 bits per heavy atom. The van der Waals surface area contributed by atoms with Gasteiger partial charge >= 0.3 is 6.18 Å². The van der Waals surface area contributed by atoms with Gasteiger partial charge in [-0.05, 0) is 50.2 Å². The molecule has 0 spiro atoms. The molecule has 0 saturated heterocycles. The first-order valence-electron chi connectivity index (χ1n) is 9.38. The van der Waals surface area contributed by atoms with E-state index in [1.54, 1.807) is 26.3 Å². The zero-order valence-electron chi connectivity index (χ0n) is 16.6. The molecule has 2 nitrogen and oxygen atoms in total. The molecular weight excluding hydrogens is 356 g/mol. The number of aliphatic imine (C=N–C) groups is 2. The summed E-state index contributed by atoms with van der Waals surface area (Å²) < 4.78 is 52.2. The van der Waals surface area contributed by atoms with Crippen molar-refractivity contribution in [3.8, 4) is 0 Å². The molecule has 6 heteroatoms. The van der Waals surface area contributed by atoms with Gasteiger partial charge in [-0.1, -0.05) is 32.1 Å². The SMILES string of the molecule is CC/C=C/CC1CC(/C(=C/C=NC)C(C)CF)=NC(/C=C(\C)C(F)(F)F)C1.